The summed E-state index contributed by atoms with van der Waals surface area (Å²) in [6.07, 6.45) is 8.00. The molecule has 0 aliphatic heterocycles. The molecule has 2 aromatic rings. The fourth-order valence-electron chi connectivity index (χ4n) is 2.63. The summed E-state index contributed by atoms with van der Waals surface area (Å²) in [4.78, 5) is 0. The highest BCUT2D eigenvalue weighted by molar-refractivity contribution is 5.44. The second kappa shape index (κ2) is 4.16. The van der Waals surface area contributed by atoms with Crippen molar-refractivity contribution in [3.05, 3.63) is 65.0 Å². The van der Waals surface area contributed by atoms with Crippen LogP contribution < -0.4 is 0 Å². The highest BCUT2D eigenvalue weighted by Gasteiger charge is 2.18. The van der Waals surface area contributed by atoms with Crippen LogP contribution in [0.15, 0.2) is 48.3 Å². The smallest absolute Gasteiger partial charge is 0.0449 e. The zero-order chi connectivity index (χ0) is 12.7. The maximum absolute atomic E-state index is 2.35. The number of aryl methyl sites for hydroxylation is 1. The second-order valence-electron chi connectivity index (χ2n) is 5.36. The molecule has 3 rings (SSSR count). The van der Waals surface area contributed by atoms with Crippen molar-refractivity contribution < 1.29 is 0 Å². The van der Waals surface area contributed by atoms with Crippen molar-refractivity contribution in [1.82, 2.24) is 4.57 Å². The molecule has 0 amide bonds. The Morgan fingerprint density at radius 2 is 1.78 bits per heavy atom. The minimum absolute atomic E-state index is 0.556. The molecule has 0 N–H and O–H groups in total. The third-order valence-corrected chi connectivity index (χ3v) is 4.07. The van der Waals surface area contributed by atoms with Gasteiger partial charge in [-0.2, -0.15) is 0 Å². The molecule has 1 aliphatic carbocycles. The number of fused-ring (bicyclic) bond motifs is 1. The van der Waals surface area contributed by atoms with Gasteiger partial charge in [-0.15, -0.1) is 0 Å². The lowest BCUT2D eigenvalue weighted by Gasteiger charge is -2.17. The molecule has 0 spiro atoms. The van der Waals surface area contributed by atoms with Crippen molar-refractivity contribution in [3.8, 4) is 5.69 Å². The quantitative estimate of drug-likeness (QED) is 0.648. The maximum Gasteiger partial charge on any atom is 0.0449 e. The molecule has 1 aromatic heterocycles. The number of aromatic nitrogens is 1. The Morgan fingerprint density at radius 3 is 2.50 bits per heavy atom. The van der Waals surface area contributed by atoms with Crippen molar-refractivity contribution in [1.29, 1.82) is 0 Å². The van der Waals surface area contributed by atoms with Gasteiger partial charge in [0.2, 0.25) is 0 Å². The van der Waals surface area contributed by atoms with Crippen LogP contribution in [0.5, 0.6) is 0 Å². The summed E-state index contributed by atoms with van der Waals surface area (Å²) in [6, 6.07) is 8.71. The van der Waals surface area contributed by atoms with E-state index in [9.17, 15) is 0 Å². The lowest BCUT2D eigenvalue weighted by Crippen LogP contribution is -2.02. The number of allylic oxidation sites excluding steroid dienone is 2. The van der Waals surface area contributed by atoms with Crippen LogP contribution in [-0.2, 0) is 6.42 Å². The molecule has 1 heterocycles. The van der Waals surface area contributed by atoms with E-state index >= 15 is 0 Å². The van der Waals surface area contributed by atoms with E-state index in [1.54, 1.807) is 0 Å². The highest BCUT2D eigenvalue weighted by atomic mass is 14.9. The molecule has 0 bridgehead atoms. The van der Waals surface area contributed by atoms with E-state index in [-0.39, 0.29) is 0 Å². The summed E-state index contributed by atoms with van der Waals surface area (Å²) >= 11 is 0. The Kier molecular flexibility index (Phi) is 2.62. The van der Waals surface area contributed by atoms with Crippen molar-refractivity contribution in [2.45, 2.75) is 33.1 Å². The van der Waals surface area contributed by atoms with Gasteiger partial charge < -0.3 is 4.57 Å². The van der Waals surface area contributed by atoms with Gasteiger partial charge >= 0.3 is 0 Å². The first-order chi connectivity index (χ1) is 8.65. The van der Waals surface area contributed by atoms with Crippen molar-refractivity contribution >= 4 is 0 Å². The first-order valence-corrected chi connectivity index (χ1v) is 6.59. The minimum Gasteiger partial charge on any atom is -0.323 e. The fourth-order valence-corrected chi connectivity index (χ4v) is 2.63. The van der Waals surface area contributed by atoms with Crippen LogP contribution in [0.4, 0.5) is 0 Å². The Balaban J connectivity index is 2.02. The average molecular weight is 237 g/mol. The molecule has 0 saturated heterocycles. The number of rotatable bonds is 1. The van der Waals surface area contributed by atoms with E-state index in [4.69, 9.17) is 0 Å². The van der Waals surface area contributed by atoms with E-state index in [0.29, 0.717) is 5.92 Å². The summed E-state index contributed by atoms with van der Waals surface area (Å²) in [7, 11) is 0. The van der Waals surface area contributed by atoms with Crippen molar-refractivity contribution in [2.24, 2.45) is 0 Å². The SMILES string of the molecule is CC1=CCc2cn(-c3ccc(C)cc3)cc2C1C. The van der Waals surface area contributed by atoms with Crippen LogP contribution in [-0.4, -0.2) is 4.57 Å². The lowest BCUT2D eigenvalue weighted by atomic mass is 9.87. The van der Waals surface area contributed by atoms with Gasteiger partial charge in [0, 0.05) is 24.0 Å². The lowest BCUT2D eigenvalue weighted by molar-refractivity contribution is 0.847. The molecule has 1 atom stereocenters. The van der Waals surface area contributed by atoms with Gasteiger partial charge in [-0.1, -0.05) is 36.3 Å². The number of hydrogen-bond acceptors (Lipinski definition) is 0. The van der Waals surface area contributed by atoms with E-state index in [0.717, 1.165) is 6.42 Å². The predicted molar refractivity (Wildman–Crippen MR) is 76.4 cm³/mol. The van der Waals surface area contributed by atoms with Gasteiger partial charge in [-0.05, 0) is 43.5 Å². The molecular weight excluding hydrogens is 218 g/mol. The van der Waals surface area contributed by atoms with E-state index < -0.39 is 0 Å². The summed E-state index contributed by atoms with van der Waals surface area (Å²) < 4.78 is 2.26. The molecule has 1 aromatic carbocycles. The molecular formula is C17H19N. The van der Waals surface area contributed by atoms with Gasteiger partial charge in [0.15, 0.2) is 0 Å². The van der Waals surface area contributed by atoms with E-state index in [2.05, 4.69) is 68.1 Å². The predicted octanol–water partition coefficient (Wildman–Crippen LogP) is 4.39. The van der Waals surface area contributed by atoms with Gasteiger partial charge in [0.05, 0.1) is 0 Å². The number of hydrogen-bond donors (Lipinski definition) is 0. The average Bonchev–Trinajstić information content (AvgIpc) is 2.80. The van der Waals surface area contributed by atoms with Gasteiger partial charge in [0.25, 0.3) is 0 Å². The van der Waals surface area contributed by atoms with Crippen LogP contribution in [0.2, 0.25) is 0 Å². The zero-order valence-corrected chi connectivity index (χ0v) is 11.3. The first-order valence-electron chi connectivity index (χ1n) is 6.59. The Hall–Kier alpha value is -1.76. The molecule has 1 nitrogen and oxygen atoms in total. The molecule has 18 heavy (non-hydrogen) atoms. The monoisotopic (exact) mass is 237 g/mol. The Labute approximate surface area is 109 Å². The summed E-state index contributed by atoms with van der Waals surface area (Å²) in [5.74, 6) is 0.556. The van der Waals surface area contributed by atoms with Crippen LogP contribution in [0.1, 0.15) is 36.5 Å². The van der Waals surface area contributed by atoms with Gasteiger partial charge in [0.1, 0.15) is 0 Å². The maximum atomic E-state index is 2.35. The molecule has 1 aliphatic rings. The summed E-state index contributed by atoms with van der Waals surface area (Å²) in [6.45, 7) is 6.65. The topological polar surface area (TPSA) is 4.93 Å². The molecule has 0 radical (unpaired) electrons. The van der Waals surface area contributed by atoms with Crippen molar-refractivity contribution in [3.63, 3.8) is 0 Å². The van der Waals surface area contributed by atoms with Crippen LogP contribution in [0, 0.1) is 6.92 Å². The van der Waals surface area contributed by atoms with Crippen LogP contribution >= 0.6 is 0 Å². The second-order valence-corrected chi connectivity index (χ2v) is 5.36. The largest absolute Gasteiger partial charge is 0.323 e. The van der Waals surface area contributed by atoms with Gasteiger partial charge in [-0.25, -0.2) is 0 Å². The zero-order valence-electron chi connectivity index (χ0n) is 11.3. The summed E-state index contributed by atoms with van der Waals surface area (Å²) in [5, 5.41) is 0. The fraction of sp³-hybridized carbons (Fsp3) is 0.294. The number of nitrogens with zero attached hydrogens (tertiary/aromatic N) is 1. The van der Waals surface area contributed by atoms with Gasteiger partial charge in [-0.3, -0.25) is 0 Å². The van der Waals surface area contributed by atoms with E-state index in [1.807, 2.05) is 0 Å². The Bertz CT molecular complexity index is 599. The van der Waals surface area contributed by atoms with E-state index in [1.165, 1.54) is 28.0 Å². The third kappa shape index (κ3) is 1.80. The molecule has 0 fully saturated rings. The molecule has 92 valence electrons. The highest BCUT2D eigenvalue weighted by Crippen LogP contribution is 2.33. The number of benzene rings is 1. The standard InChI is InChI=1S/C17H19N/c1-12-4-8-16(9-5-12)18-10-15-7-6-13(2)14(3)17(15)11-18/h4-6,8-11,14H,7H2,1-3H3. The van der Waals surface area contributed by atoms with Crippen LogP contribution in [0.25, 0.3) is 5.69 Å². The molecule has 0 saturated carbocycles. The Morgan fingerprint density at radius 1 is 1.06 bits per heavy atom. The molecule has 1 heteroatoms. The molecule has 1 unspecified atom stereocenters. The summed E-state index contributed by atoms with van der Waals surface area (Å²) in [5.41, 5.74) is 7.00. The third-order valence-electron chi connectivity index (χ3n) is 4.07. The van der Waals surface area contributed by atoms with Crippen molar-refractivity contribution in [2.75, 3.05) is 0 Å². The van der Waals surface area contributed by atoms with Crippen LogP contribution in [0.3, 0.4) is 0 Å². The minimum atomic E-state index is 0.556. The first kappa shape index (κ1) is 11.3. The normalized spacial score (nSPS) is 18.4.